The highest BCUT2D eigenvalue weighted by atomic mass is 16.5. The molecule has 0 saturated heterocycles. The Morgan fingerprint density at radius 1 is 1.38 bits per heavy atom. The van der Waals surface area contributed by atoms with Crippen molar-refractivity contribution in [2.45, 2.75) is 0 Å². The number of methoxy groups -OCH3 is 1. The normalized spacial score (nSPS) is 9.75. The number of hydrogen-bond acceptors (Lipinski definition) is 5. The summed E-state index contributed by atoms with van der Waals surface area (Å²) < 4.78 is 6.31. The van der Waals surface area contributed by atoms with Gasteiger partial charge in [-0.15, -0.1) is 5.10 Å². The summed E-state index contributed by atoms with van der Waals surface area (Å²) >= 11 is 0. The summed E-state index contributed by atoms with van der Waals surface area (Å²) in [4.78, 5) is 3.89. The topological polar surface area (TPSA) is 89.8 Å². The monoisotopic (exact) mass is 215 g/mol. The predicted octanol–water partition coefficient (Wildman–Crippen LogP) is 0.730. The molecule has 16 heavy (non-hydrogen) atoms. The molecule has 0 radical (unpaired) electrons. The van der Waals surface area contributed by atoms with Crippen molar-refractivity contribution in [3.8, 4) is 17.8 Å². The maximum Gasteiger partial charge on any atom is 0.337 e. The smallest absolute Gasteiger partial charge is 0.337 e. The molecule has 2 N–H and O–H groups in total. The number of benzene rings is 1. The second-order valence-corrected chi connectivity index (χ2v) is 3.03. The quantitative estimate of drug-likeness (QED) is 0.797. The average Bonchev–Trinajstić information content (AvgIpc) is 2.71. The van der Waals surface area contributed by atoms with E-state index in [2.05, 4.69) is 10.1 Å². The largest absolute Gasteiger partial charge is 0.466 e. The van der Waals surface area contributed by atoms with E-state index in [0.29, 0.717) is 5.56 Å². The highest BCUT2D eigenvalue weighted by Crippen LogP contribution is 2.14. The van der Waals surface area contributed by atoms with Crippen LogP contribution in [-0.2, 0) is 0 Å². The minimum Gasteiger partial charge on any atom is -0.466 e. The van der Waals surface area contributed by atoms with Crippen LogP contribution < -0.4 is 10.5 Å². The molecule has 2 rings (SSSR count). The van der Waals surface area contributed by atoms with Crippen LogP contribution in [-0.4, -0.2) is 21.9 Å². The molecule has 1 aromatic heterocycles. The fraction of sp³-hybridized carbons (Fsp3) is 0.100. The number of nitriles is 1. The van der Waals surface area contributed by atoms with Gasteiger partial charge in [0.2, 0.25) is 5.95 Å². The molecule has 2 aromatic rings. The molecular formula is C10H9N5O. The van der Waals surface area contributed by atoms with Crippen molar-refractivity contribution >= 4 is 5.95 Å². The summed E-state index contributed by atoms with van der Waals surface area (Å²) in [5.41, 5.74) is 6.97. The van der Waals surface area contributed by atoms with Crippen molar-refractivity contribution in [1.82, 2.24) is 14.8 Å². The third-order valence-electron chi connectivity index (χ3n) is 2.04. The predicted molar refractivity (Wildman–Crippen MR) is 57.0 cm³/mol. The summed E-state index contributed by atoms with van der Waals surface area (Å²) in [5.74, 6) is 0.238. The maximum absolute atomic E-state index is 8.67. The van der Waals surface area contributed by atoms with Crippen LogP contribution in [0.15, 0.2) is 24.3 Å². The highest BCUT2D eigenvalue weighted by Gasteiger charge is 2.08. The fourth-order valence-electron chi connectivity index (χ4n) is 1.26. The number of anilines is 1. The molecule has 1 heterocycles. The van der Waals surface area contributed by atoms with Crippen LogP contribution in [0.25, 0.3) is 5.69 Å². The molecule has 1 aromatic carbocycles. The Hall–Kier alpha value is -2.55. The molecule has 0 bridgehead atoms. The van der Waals surface area contributed by atoms with Gasteiger partial charge in [0.05, 0.1) is 24.4 Å². The van der Waals surface area contributed by atoms with Crippen molar-refractivity contribution < 1.29 is 4.74 Å². The first-order chi connectivity index (χ1) is 7.74. The standard InChI is InChI=1S/C10H9N5O/c1-16-10-13-9(12)15(14-10)8-4-2-7(6-11)3-5-8/h2-5H,1H3,(H2,12,13,14). The van der Waals surface area contributed by atoms with Crippen LogP contribution in [0.4, 0.5) is 5.95 Å². The van der Waals surface area contributed by atoms with E-state index in [4.69, 9.17) is 15.7 Å². The highest BCUT2D eigenvalue weighted by molar-refractivity contribution is 5.42. The second kappa shape index (κ2) is 3.90. The molecule has 0 aliphatic rings. The van der Waals surface area contributed by atoms with Crippen LogP contribution >= 0.6 is 0 Å². The van der Waals surface area contributed by atoms with E-state index in [1.165, 1.54) is 11.8 Å². The average molecular weight is 215 g/mol. The van der Waals surface area contributed by atoms with Crippen molar-refractivity contribution in [3.05, 3.63) is 29.8 Å². The van der Waals surface area contributed by atoms with Crippen LogP contribution in [0.1, 0.15) is 5.56 Å². The third-order valence-corrected chi connectivity index (χ3v) is 2.04. The fourth-order valence-corrected chi connectivity index (χ4v) is 1.26. The molecule has 0 spiro atoms. The Morgan fingerprint density at radius 2 is 2.06 bits per heavy atom. The van der Waals surface area contributed by atoms with Gasteiger partial charge in [-0.25, -0.2) is 0 Å². The molecule has 6 nitrogen and oxygen atoms in total. The van der Waals surface area contributed by atoms with Gasteiger partial charge in [0.1, 0.15) is 0 Å². The SMILES string of the molecule is COc1nc(N)n(-c2ccc(C#N)cc2)n1. The Bertz CT molecular complexity index is 537. The Balaban J connectivity index is 2.42. The first kappa shape index (κ1) is 9.98. The van der Waals surface area contributed by atoms with Crippen molar-refractivity contribution in [3.63, 3.8) is 0 Å². The molecular weight excluding hydrogens is 206 g/mol. The van der Waals surface area contributed by atoms with Gasteiger partial charge in [0.25, 0.3) is 0 Å². The lowest BCUT2D eigenvalue weighted by molar-refractivity contribution is 0.380. The minimum absolute atomic E-state index is 0.210. The van der Waals surface area contributed by atoms with E-state index in [1.807, 2.05) is 6.07 Å². The van der Waals surface area contributed by atoms with E-state index in [9.17, 15) is 0 Å². The molecule has 0 atom stereocenters. The third kappa shape index (κ3) is 1.66. The van der Waals surface area contributed by atoms with E-state index in [0.717, 1.165) is 5.69 Å². The van der Waals surface area contributed by atoms with Crippen molar-refractivity contribution in [1.29, 1.82) is 5.26 Å². The van der Waals surface area contributed by atoms with Gasteiger partial charge >= 0.3 is 6.01 Å². The number of rotatable bonds is 2. The lowest BCUT2D eigenvalue weighted by Gasteiger charge is -2.01. The summed E-state index contributed by atoms with van der Waals surface area (Å²) in [6.45, 7) is 0. The number of ether oxygens (including phenoxy) is 1. The Labute approximate surface area is 91.9 Å². The van der Waals surface area contributed by atoms with Gasteiger partial charge in [0.15, 0.2) is 0 Å². The van der Waals surface area contributed by atoms with Gasteiger partial charge < -0.3 is 10.5 Å². The van der Waals surface area contributed by atoms with Crippen molar-refractivity contribution in [2.75, 3.05) is 12.8 Å². The summed E-state index contributed by atoms with van der Waals surface area (Å²) in [7, 11) is 1.47. The van der Waals surface area contributed by atoms with E-state index < -0.39 is 0 Å². The first-order valence-electron chi connectivity index (χ1n) is 4.51. The van der Waals surface area contributed by atoms with Gasteiger partial charge in [-0.1, -0.05) is 0 Å². The van der Waals surface area contributed by atoms with Gasteiger partial charge in [-0.05, 0) is 24.3 Å². The zero-order chi connectivity index (χ0) is 11.5. The number of hydrogen-bond donors (Lipinski definition) is 1. The molecule has 0 aliphatic heterocycles. The molecule has 0 unspecified atom stereocenters. The molecule has 0 fully saturated rings. The summed E-state index contributed by atoms with van der Waals surface area (Å²) in [6.07, 6.45) is 0. The first-order valence-corrected chi connectivity index (χ1v) is 4.51. The maximum atomic E-state index is 8.67. The van der Waals surface area contributed by atoms with Crippen molar-refractivity contribution in [2.24, 2.45) is 0 Å². The van der Waals surface area contributed by atoms with E-state index >= 15 is 0 Å². The van der Waals surface area contributed by atoms with E-state index in [1.54, 1.807) is 24.3 Å². The van der Waals surface area contributed by atoms with Gasteiger partial charge in [-0.2, -0.15) is 14.9 Å². The molecule has 0 saturated carbocycles. The van der Waals surface area contributed by atoms with Crippen LogP contribution in [0, 0.1) is 11.3 Å². The number of aromatic nitrogens is 3. The minimum atomic E-state index is 0.210. The molecule has 0 amide bonds. The Morgan fingerprint density at radius 3 is 2.56 bits per heavy atom. The van der Waals surface area contributed by atoms with E-state index in [-0.39, 0.29) is 12.0 Å². The van der Waals surface area contributed by atoms with Gasteiger partial charge in [0, 0.05) is 0 Å². The van der Waals surface area contributed by atoms with Crippen LogP contribution in [0.2, 0.25) is 0 Å². The molecule has 80 valence electrons. The Kier molecular flexibility index (Phi) is 2.44. The number of nitrogen functional groups attached to an aromatic ring is 1. The lowest BCUT2D eigenvalue weighted by atomic mass is 10.2. The summed E-state index contributed by atoms with van der Waals surface area (Å²) in [5, 5.41) is 12.7. The van der Waals surface area contributed by atoms with Gasteiger partial charge in [-0.3, -0.25) is 0 Å². The summed E-state index contributed by atoms with van der Waals surface area (Å²) in [6, 6.07) is 9.09. The number of nitrogens with zero attached hydrogens (tertiary/aromatic N) is 4. The lowest BCUT2D eigenvalue weighted by Crippen LogP contribution is -2.02. The zero-order valence-corrected chi connectivity index (χ0v) is 8.58. The number of nitrogens with two attached hydrogens (primary N) is 1. The van der Waals surface area contributed by atoms with Crippen LogP contribution in [0.5, 0.6) is 6.01 Å². The van der Waals surface area contributed by atoms with Crippen LogP contribution in [0.3, 0.4) is 0 Å². The zero-order valence-electron chi connectivity index (χ0n) is 8.58. The molecule has 0 aliphatic carbocycles. The molecule has 6 heteroatoms. The second-order valence-electron chi connectivity index (χ2n) is 3.03.